The molecule has 0 amide bonds. The van der Waals surface area contributed by atoms with Gasteiger partial charge in [0.25, 0.3) is 0 Å². The zero-order valence-corrected chi connectivity index (χ0v) is 26.4. The molecule has 1 saturated carbocycles. The molecule has 0 bridgehead atoms. The van der Waals surface area contributed by atoms with Crippen LogP contribution in [0.5, 0.6) is 0 Å². The zero-order chi connectivity index (χ0) is 27.2. The van der Waals surface area contributed by atoms with Crippen molar-refractivity contribution >= 4 is 43.4 Å². The molecule has 38 heavy (non-hydrogen) atoms. The van der Waals surface area contributed by atoms with Crippen molar-refractivity contribution in [2.75, 3.05) is 0 Å². The summed E-state index contributed by atoms with van der Waals surface area (Å²) in [6, 6.07) is 16.2. The lowest BCUT2D eigenvalue weighted by molar-refractivity contribution is -0.141. The minimum absolute atomic E-state index is 0.116. The summed E-state index contributed by atoms with van der Waals surface area (Å²) < 4.78 is 0. The lowest BCUT2D eigenvalue weighted by Gasteiger charge is -2.44. The first-order valence-electron chi connectivity index (χ1n) is 14.9. The molecule has 4 heteroatoms. The van der Waals surface area contributed by atoms with Crippen LogP contribution in [-0.4, -0.2) is 21.2 Å². The van der Waals surface area contributed by atoms with E-state index in [4.69, 9.17) is 0 Å². The molecule has 1 fully saturated rings. The van der Waals surface area contributed by atoms with Crippen LogP contribution in [0.1, 0.15) is 115 Å². The van der Waals surface area contributed by atoms with Gasteiger partial charge in [0, 0.05) is 22.5 Å². The first-order chi connectivity index (χ1) is 18.3. The Labute approximate surface area is 247 Å². The maximum atomic E-state index is 14.4. The quantitative estimate of drug-likeness (QED) is 0.117. The molecule has 0 N–H and O–H groups in total. The Balaban J connectivity index is 1.57. The summed E-state index contributed by atoms with van der Waals surface area (Å²) in [5.41, 5.74) is 2.55. The van der Waals surface area contributed by atoms with Crippen molar-refractivity contribution in [2.45, 2.75) is 119 Å². The van der Waals surface area contributed by atoms with Crippen molar-refractivity contribution < 1.29 is 9.59 Å². The van der Waals surface area contributed by atoms with Crippen LogP contribution in [0.4, 0.5) is 0 Å². The number of Topliss-reactive ketones (excluding diaryl/α,β-unsaturated/α-hetero) is 2. The second-order valence-corrected chi connectivity index (χ2v) is 14.8. The van der Waals surface area contributed by atoms with E-state index < -0.39 is 5.41 Å². The van der Waals surface area contributed by atoms with Gasteiger partial charge in [-0.05, 0) is 53.4 Å². The van der Waals surface area contributed by atoms with E-state index in [-0.39, 0.29) is 17.0 Å². The number of unbranched alkanes of at least 4 members (excludes halogenated alkanes) is 6. The topological polar surface area (TPSA) is 34.1 Å². The molecule has 206 valence electrons. The highest BCUT2D eigenvalue weighted by Gasteiger charge is 2.59. The Morgan fingerprint density at radius 3 is 1.84 bits per heavy atom. The summed E-state index contributed by atoms with van der Waals surface area (Å²) in [6.45, 7) is 4.45. The number of carbonyl (C=O) groups is 2. The fourth-order valence-electron chi connectivity index (χ4n) is 7.07. The number of rotatable bonds is 14. The van der Waals surface area contributed by atoms with E-state index in [1.54, 1.807) is 0 Å². The van der Waals surface area contributed by atoms with Crippen LogP contribution in [-0.2, 0) is 15.0 Å². The third kappa shape index (κ3) is 6.22. The van der Waals surface area contributed by atoms with Gasteiger partial charge in [0.05, 0.1) is 0 Å². The van der Waals surface area contributed by atoms with E-state index in [1.807, 2.05) is 36.4 Å². The molecule has 0 radical (unpaired) electrons. The number of alkyl halides is 2. The second-order valence-electron chi connectivity index (χ2n) is 11.9. The predicted molar refractivity (Wildman–Crippen MR) is 167 cm³/mol. The van der Waals surface area contributed by atoms with Gasteiger partial charge in [0.15, 0.2) is 11.6 Å². The molecule has 2 aliphatic carbocycles. The number of hydrogen-bond donors (Lipinski definition) is 0. The summed E-state index contributed by atoms with van der Waals surface area (Å²) in [5.74, 6) is 0.231. The zero-order valence-electron chi connectivity index (χ0n) is 23.2. The van der Waals surface area contributed by atoms with Gasteiger partial charge in [0.2, 0.25) is 0 Å². The van der Waals surface area contributed by atoms with Crippen LogP contribution < -0.4 is 0 Å². The molecule has 2 atom stereocenters. The van der Waals surface area contributed by atoms with Gasteiger partial charge in [-0.25, -0.2) is 0 Å². The first kappa shape index (κ1) is 29.7. The average molecular weight is 645 g/mol. The van der Waals surface area contributed by atoms with Gasteiger partial charge in [-0.3, -0.25) is 9.59 Å². The van der Waals surface area contributed by atoms with Crippen molar-refractivity contribution in [1.82, 2.24) is 0 Å². The first-order valence-corrected chi connectivity index (χ1v) is 16.7. The Morgan fingerprint density at radius 2 is 1.26 bits per heavy atom. The van der Waals surface area contributed by atoms with Crippen LogP contribution in [0.15, 0.2) is 48.5 Å². The van der Waals surface area contributed by atoms with Crippen molar-refractivity contribution in [2.24, 2.45) is 5.41 Å². The summed E-state index contributed by atoms with van der Waals surface area (Å²) in [4.78, 5) is 29.7. The lowest BCUT2D eigenvalue weighted by atomic mass is 9.56. The van der Waals surface area contributed by atoms with Crippen LogP contribution in [0.2, 0.25) is 0 Å². The molecular weight excluding hydrogens is 600 g/mol. The molecule has 0 aromatic heterocycles. The Bertz CT molecular complexity index is 1040. The number of hydrogen-bond acceptors (Lipinski definition) is 2. The van der Waals surface area contributed by atoms with Gasteiger partial charge in [0.1, 0.15) is 5.41 Å². The van der Waals surface area contributed by atoms with Crippen LogP contribution in [0, 0.1) is 5.41 Å². The van der Waals surface area contributed by atoms with E-state index in [0.29, 0.717) is 22.5 Å². The molecule has 0 saturated heterocycles. The van der Waals surface area contributed by atoms with E-state index in [2.05, 4.69) is 57.8 Å². The van der Waals surface area contributed by atoms with E-state index in [9.17, 15) is 9.59 Å². The fraction of sp³-hybridized carbons (Fsp3) is 0.588. The van der Waals surface area contributed by atoms with Crippen LogP contribution in [0.25, 0.3) is 11.1 Å². The Kier molecular flexibility index (Phi) is 10.5. The highest BCUT2D eigenvalue weighted by molar-refractivity contribution is 9.09. The maximum Gasteiger partial charge on any atom is 0.155 e. The highest BCUT2D eigenvalue weighted by Crippen LogP contribution is 2.57. The van der Waals surface area contributed by atoms with Gasteiger partial charge >= 0.3 is 0 Å². The van der Waals surface area contributed by atoms with Crippen molar-refractivity contribution in [3.63, 3.8) is 0 Å². The second kappa shape index (κ2) is 13.4. The highest BCUT2D eigenvalue weighted by atomic mass is 79.9. The Morgan fingerprint density at radius 1 is 0.737 bits per heavy atom. The summed E-state index contributed by atoms with van der Waals surface area (Å²) in [6.07, 6.45) is 14.9. The molecule has 4 rings (SSSR count). The monoisotopic (exact) mass is 642 g/mol. The van der Waals surface area contributed by atoms with Gasteiger partial charge in [-0.15, -0.1) is 0 Å². The van der Waals surface area contributed by atoms with Crippen LogP contribution >= 0.6 is 31.9 Å². The summed E-state index contributed by atoms with van der Waals surface area (Å²) >= 11 is 7.65. The van der Waals surface area contributed by atoms with E-state index >= 15 is 0 Å². The average Bonchev–Trinajstić information content (AvgIpc) is 3.19. The molecule has 2 nitrogen and oxygen atoms in total. The standard InChI is InChI=1S/C34H44Br2O2/c1-3-4-5-6-7-14-21-33(22-26(36)16-9-8-15-25(2)35)23-31(37)34(32(38)24-33)29-19-12-10-17-27(29)28-18-11-13-20-30(28)34/h10-13,17-20,25-26H,3-9,14-16,21-24H2,1-2H3. The van der Waals surface area contributed by atoms with Crippen molar-refractivity contribution in [3.05, 3.63) is 59.7 Å². The molecule has 0 aliphatic heterocycles. The number of halogens is 2. The fourth-order valence-corrected chi connectivity index (χ4v) is 8.40. The van der Waals surface area contributed by atoms with E-state index in [0.717, 1.165) is 47.9 Å². The number of ketones is 2. The number of carbonyl (C=O) groups excluding carboxylic acids is 2. The summed E-state index contributed by atoms with van der Waals surface area (Å²) in [7, 11) is 0. The molecule has 1 spiro atoms. The van der Waals surface area contributed by atoms with Gasteiger partial charge in [-0.2, -0.15) is 0 Å². The smallest absolute Gasteiger partial charge is 0.155 e. The van der Waals surface area contributed by atoms with E-state index in [1.165, 1.54) is 51.4 Å². The number of fused-ring (bicyclic) bond motifs is 5. The minimum Gasteiger partial charge on any atom is -0.298 e. The molecule has 2 aliphatic rings. The van der Waals surface area contributed by atoms with Crippen molar-refractivity contribution in [1.29, 1.82) is 0 Å². The molecule has 2 aromatic carbocycles. The molecular formula is C34H44Br2O2. The summed E-state index contributed by atoms with van der Waals surface area (Å²) in [5, 5.41) is 0. The SMILES string of the molecule is CCCCCCCCC1(CC(Br)CCCCC(C)Br)CC(=O)C2(C(=O)C1)c1ccccc1-c1ccccc12. The molecule has 2 aromatic rings. The minimum atomic E-state index is -1.12. The number of benzene rings is 2. The Hall–Kier alpha value is -1.26. The lowest BCUT2D eigenvalue weighted by Crippen LogP contribution is -2.52. The molecule has 0 heterocycles. The largest absolute Gasteiger partial charge is 0.298 e. The third-order valence-electron chi connectivity index (χ3n) is 8.94. The predicted octanol–water partition coefficient (Wildman–Crippen LogP) is 10.1. The molecule has 2 unspecified atom stereocenters. The van der Waals surface area contributed by atoms with Gasteiger partial charge in [-0.1, -0.05) is 146 Å². The third-order valence-corrected chi connectivity index (χ3v) is 10.2. The maximum absolute atomic E-state index is 14.4. The normalized spacial score (nSPS) is 18.8. The van der Waals surface area contributed by atoms with Crippen molar-refractivity contribution in [3.8, 4) is 11.1 Å². The van der Waals surface area contributed by atoms with Gasteiger partial charge < -0.3 is 0 Å². The van der Waals surface area contributed by atoms with Crippen LogP contribution in [0.3, 0.4) is 0 Å².